The number of aromatic amines is 1. The van der Waals surface area contributed by atoms with Crippen molar-refractivity contribution in [1.82, 2.24) is 15.2 Å². The SMILES string of the molecule is COc1ccc2[nH]c(C(=O)N3C[C@@H]4CNC[C@@H]4[C@@H]3c3ccccc3C)cc2c1.Cl. The molecule has 1 amide bonds. The van der Waals surface area contributed by atoms with Crippen LogP contribution in [0.2, 0.25) is 0 Å². The number of carbonyl (C=O) groups is 1. The van der Waals surface area contributed by atoms with Crippen LogP contribution in [0.4, 0.5) is 0 Å². The van der Waals surface area contributed by atoms with Crippen molar-refractivity contribution in [2.45, 2.75) is 13.0 Å². The van der Waals surface area contributed by atoms with Crippen LogP contribution in [0.5, 0.6) is 5.75 Å². The molecule has 0 spiro atoms. The first-order valence-electron chi connectivity index (χ1n) is 9.89. The van der Waals surface area contributed by atoms with Crippen molar-refractivity contribution in [3.63, 3.8) is 0 Å². The Morgan fingerprint density at radius 1 is 1.14 bits per heavy atom. The number of likely N-dealkylation sites (tertiary alicyclic amines) is 1. The summed E-state index contributed by atoms with van der Waals surface area (Å²) in [6.07, 6.45) is 0. The van der Waals surface area contributed by atoms with Crippen molar-refractivity contribution < 1.29 is 9.53 Å². The Balaban J connectivity index is 0.00000205. The summed E-state index contributed by atoms with van der Waals surface area (Å²) in [5.74, 6) is 1.86. The third kappa shape index (κ3) is 3.28. The monoisotopic (exact) mass is 411 g/mol. The Morgan fingerprint density at radius 2 is 1.97 bits per heavy atom. The zero-order valence-corrected chi connectivity index (χ0v) is 17.5. The van der Waals surface area contributed by atoms with Crippen molar-refractivity contribution in [2.75, 3.05) is 26.7 Å². The Labute approximate surface area is 176 Å². The van der Waals surface area contributed by atoms with E-state index in [1.807, 2.05) is 24.3 Å². The molecule has 6 heteroatoms. The number of hydrogen-bond acceptors (Lipinski definition) is 3. The van der Waals surface area contributed by atoms with Crippen LogP contribution < -0.4 is 10.1 Å². The quantitative estimate of drug-likeness (QED) is 0.686. The number of nitrogens with one attached hydrogen (secondary N) is 2. The first-order valence-corrected chi connectivity index (χ1v) is 9.89. The molecule has 2 N–H and O–H groups in total. The number of benzene rings is 2. The molecule has 2 aliphatic rings. The summed E-state index contributed by atoms with van der Waals surface area (Å²) in [5, 5.41) is 4.51. The Hall–Kier alpha value is -2.50. The van der Waals surface area contributed by atoms with Crippen LogP contribution in [0, 0.1) is 18.8 Å². The van der Waals surface area contributed by atoms with Crippen molar-refractivity contribution in [3.05, 3.63) is 65.4 Å². The first kappa shape index (κ1) is 19.8. The second-order valence-corrected chi connectivity index (χ2v) is 7.98. The van der Waals surface area contributed by atoms with Gasteiger partial charge in [-0.25, -0.2) is 0 Å². The molecule has 0 aliphatic carbocycles. The van der Waals surface area contributed by atoms with E-state index >= 15 is 0 Å². The van der Waals surface area contributed by atoms with Gasteiger partial charge in [0.15, 0.2) is 0 Å². The molecule has 2 aliphatic heterocycles. The Kier molecular flexibility index (Phi) is 5.28. The molecule has 2 aromatic carbocycles. The van der Waals surface area contributed by atoms with E-state index in [1.54, 1.807) is 7.11 Å². The highest BCUT2D eigenvalue weighted by atomic mass is 35.5. The van der Waals surface area contributed by atoms with Crippen molar-refractivity contribution in [2.24, 2.45) is 11.8 Å². The molecule has 152 valence electrons. The third-order valence-corrected chi connectivity index (χ3v) is 6.39. The van der Waals surface area contributed by atoms with Gasteiger partial charge >= 0.3 is 0 Å². The van der Waals surface area contributed by atoms with Crippen molar-refractivity contribution >= 4 is 29.2 Å². The number of nitrogens with zero attached hydrogens (tertiary/aromatic N) is 1. The average molecular weight is 412 g/mol. The smallest absolute Gasteiger partial charge is 0.270 e. The zero-order chi connectivity index (χ0) is 19.3. The maximum Gasteiger partial charge on any atom is 0.270 e. The van der Waals surface area contributed by atoms with Gasteiger partial charge in [-0.1, -0.05) is 24.3 Å². The van der Waals surface area contributed by atoms with Crippen molar-refractivity contribution in [1.29, 1.82) is 0 Å². The van der Waals surface area contributed by atoms with Gasteiger partial charge < -0.3 is 19.9 Å². The van der Waals surface area contributed by atoms with E-state index in [0.717, 1.165) is 36.3 Å². The van der Waals surface area contributed by atoms with Crippen molar-refractivity contribution in [3.8, 4) is 5.75 Å². The highest BCUT2D eigenvalue weighted by Crippen LogP contribution is 2.44. The van der Waals surface area contributed by atoms with E-state index in [0.29, 0.717) is 17.5 Å². The lowest BCUT2D eigenvalue weighted by Gasteiger charge is -2.29. The molecular formula is C23H26ClN3O2. The summed E-state index contributed by atoms with van der Waals surface area (Å²) in [6, 6.07) is 16.4. The lowest BCUT2D eigenvalue weighted by atomic mass is 9.87. The van der Waals surface area contributed by atoms with Gasteiger partial charge in [0.25, 0.3) is 5.91 Å². The molecule has 0 saturated carbocycles. The van der Waals surface area contributed by atoms with Gasteiger partial charge in [-0.15, -0.1) is 12.4 Å². The Morgan fingerprint density at radius 3 is 2.76 bits per heavy atom. The highest BCUT2D eigenvalue weighted by molar-refractivity contribution is 5.98. The number of methoxy groups -OCH3 is 1. The van der Waals surface area contributed by atoms with Gasteiger partial charge in [0.1, 0.15) is 11.4 Å². The number of rotatable bonds is 3. The average Bonchev–Trinajstić information content (AvgIpc) is 3.41. The maximum atomic E-state index is 13.5. The van der Waals surface area contributed by atoms with E-state index in [9.17, 15) is 4.79 Å². The number of ether oxygens (including phenoxy) is 1. The van der Waals surface area contributed by atoms with Crippen LogP contribution in [-0.2, 0) is 0 Å². The molecule has 2 fully saturated rings. The van der Waals surface area contributed by atoms with Crippen LogP contribution >= 0.6 is 12.4 Å². The standard InChI is InChI=1S/C23H25N3O2.ClH/c1-14-5-3-4-6-18(14)22-19-12-24-11-16(19)13-26(22)23(27)21-10-15-9-17(28-2)7-8-20(15)25-21;/h3-10,16,19,22,24-25H,11-13H2,1-2H3;1H/t16-,19-,22-;/m0./s1. The molecule has 5 nitrogen and oxygen atoms in total. The summed E-state index contributed by atoms with van der Waals surface area (Å²) in [4.78, 5) is 18.9. The predicted octanol–water partition coefficient (Wildman–Crippen LogP) is 3.94. The van der Waals surface area contributed by atoms with Crippen LogP contribution in [0.1, 0.15) is 27.7 Å². The number of hydrogen-bond donors (Lipinski definition) is 2. The number of halogens is 1. The lowest BCUT2D eigenvalue weighted by Crippen LogP contribution is -2.35. The number of H-pyrrole nitrogens is 1. The molecule has 3 aromatic rings. The van der Waals surface area contributed by atoms with E-state index in [-0.39, 0.29) is 24.4 Å². The fourth-order valence-corrected chi connectivity index (χ4v) is 4.95. The minimum atomic E-state index is 0. The minimum Gasteiger partial charge on any atom is -0.497 e. The molecule has 0 bridgehead atoms. The fraction of sp³-hybridized carbons (Fsp3) is 0.348. The number of aromatic nitrogens is 1. The highest BCUT2D eigenvalue weighted by Gasteiger charge is 2.47. The van der Waals surface area contributed by atoms with Gasteiger partial charge in [0, 0.05) is 36.5 Å². The molecule has 1 aromatic heterocycles. The number of amides is 1. The second-order valence-electron chi connectivity index (χ2n) is 7.98. The maximum absolute atomic E-state index is 13.5. The van der Waals surface area contributed by atoms with Crippen LogP contribution in [0.15, 0.2) is 48.5 Å². The molecule has 3 heterocycles. The first-order chi connectivity index (χ1) is 13.7. The molecule has 0 unspecified atom stereocenters. The largest absolute Gasteiger partial charge is 0.497 e. The van der Waals surface area contributed by atoms with E-state index in [1.165, 1.54) is 11.1 Å². The summed E-state index contributed by atoms with van der Waals surface area (Å²) in [5.41, 5.74) is 4.12. The topological polar surface area (TPSA) is 57.4 Å². The van der Waals surface area contributed by atoms with Crippen LogP contribution in [0.3, 0.4) is 0 Å². The number of fused-ring (bicyclic) bond motifs is 2. The second kappa shape index (κ2) is 7.73. The van der Waals surface area contributed by atoms with Gasteiger partial charge in [-0.3, -0.25) is 4.79 Å². The van der Waals surface area contributed by atoms with Gasteiger partial charge in [-0.2, -0.15) is 0 Å². The van der Waals surface area contributed by atoms with Crippen LogP contribution in [-0.4, -0.2) is 42.5 Å². The number of aryl methyl sites for hydroxylation is 1. The van der Waals surface area contributed by atoms with Crippen LogP contribution in [0.25, 0.3) is 10.9 Å². The number of carbonyl (C=O) groups excluding carboxylic acids is 1. The molecule has 0 radical (unpaired) electrons. The van der Waals surface area contributed by atoms with Gasteiger partial charge in [-0.05, 0) is 48.2 Å². The molecule has 3 atom stereocenters. The molecule has 5 rings (SSSR count). The van der Waals surface area contributed by atoms with E-state index in [2.05, 4.69) is 46.4 Å². The van der Waals surface area contributed by atoms with E-state index < -0.39 is 0 Å². The fourth-order valence-electron chi connectivity index (χ4n) is 4.95. The zero-order valence-electron chi connectivity index (χ0n) is 16.6. The molecule has 29 heavy (non-hydrogen) atoms. The van der Waals surface area contributed by atoms with Gasteiger partial charge in [0.2, 0.25) is 0 Å². The predicted molar refractivity (Wildman–Crippen MR) is 117 cm³/mol. The molecular weight excluding hydrogens is 386 g/mol. The summed E-state index contributed by atoms with van der Waals surface area (Å²) < 4.78 is 5.31. The lowest BCUT2D eigenvalue weighted by molar-refractivity contribution is 0.0708. The Bertz CT molecular complexity index is 1050. The third-order valence-electron chi connectivity index (χ3n) is 6.39. The summed E-state index contributed by atoms with van der Waals surface area (Å²) >= 11 is 0. The summed E-state index contributed by atoms with van der Waals surface area (Å²) in [7, 11) is 1.66. The van der Waals surface area contributed by atoms with E-state index in [4.69, 9.17) is 4.74 Å². The summed E-state index contributed by atoms with van der Waals surface area (Å²) in [6.45, 7) is 4.90. The minimum absolute atomic E-state index is 0. The van der Waals surface area contributed by atoms with Gasteiger partial charge in [0.05, 0.1) is 13.2 Å². The normalized spacial score (nSPS) is 23.1. The molecule has 2 saturated heterocycles.